The lowest BCUT2D eigenvalue weighted by Gasteiger charge is -2.60. The number of methoxy groups -OCH3 is 1. The molecular weight excluding hydrogens is 480 g/mol. The Morgan fingerprint density at radius 2 is 1.89 bits per heavy atom. The minimum atomic E-state index is -0.323. The number of rotatable bonds is 5. The predicted octanol–water partition coefficient (Wildman–Crippen LogP) is 3.64. The van der Waals surface area contributed by atoms with Gasteiger partial charge in [0.05, 0.1) is 25.3 Å². The summed E-state index contributed by atoms with van der Waals surface area (Å²) in [5, 5.41) is 10.6. The van der Waals surface area contributed by atoms with Crippen molar-refractivity contribution >= 4 is 0 Å². The quantitative estimate of drug-likeness (QED) is 0.602. The first-order valence-corrected chi connectivity index (χ1v) is 13.3. The van der Waals surface area contributed by atoms with Gasteiger partial charge >= 0.3 is 0 Å². The summed E-state index contributed by atoms with van der Waals surface area (Å²) in [6.45, 7) is 11.0. The van der Waals surface area contributed by atoms with Gasteiger partial charge in [-0.25, -0.2) is 0 Å². The minimum Gasteiger partial charge on any atom is -0.496 e. The number of fused-ring (bicyclic) bond motifs is 9. The Morgan fingerprint density at radius 1 is 1.13 bits per heavy atom. The molecule has 38 heavy (non-hydrogen) atoms. The highest BCUT2D eigenvalue weighted by molar-refractivity contribution is 5.66. The highest BCUT2D eigenvalue weighted by atomic mass is 16.7. The van der Waals surface area contributed by atoms with Gasteiger partial charge in [-0.2, -0.15) is 5.26 Å². The molecule has 1 saturated heterocycles. The molecule has 4 aliphatic heterocycles. The summed E-state index contributed by atoms with van der Waals surface area (Å²) >= 11 is 0. The number of hydrogen-bond donors (Lipinski definition) is 1. The van der Waals surface area contributed by atoms with E-state index in [1.54, 1.807) is 13.2 Å². The van der Waals surface area contributed by atoms with Gasteiger partial charge in [-0.15, -0.1) is 0 Å². The van der Waals surface area contributed by atoms with Gasteiger partial charge < -0.3 is 24.7 Å². The average Bonchev–Trinajstić information content (AvgIpc) is 3.39. The Labute approximate surface area is 224 Å². The summed E-state index contributed by atoms with van der Waals surface area (Å²) < 4.78 is 24.1. The predicted molar refractivity (Wildman–Crippen MR) is 144 cm³/mol. The van der Waals surface area contributed by atoms with Crippen LogP contribution in [-0.4, -0.2) is 62.0 Å². The molecule has 0 radical (unpaired) electrons. The molecule has 200 valence electrons. The molecule has 5 atom stereocenters. The molecule has 0 aromatic heterocycles. The van der Waals surface area contributed by atoms with Gasteiger partial charge in [0.1, 0.15) is 24.1 Å². The second-order valence-electron chi connectivity index (χ2n) is 10.9. The van der Waals surface area contributed by atoms with Crippen molar-refractivity contribution in [2.45, 2.75) is 63.8 Å². The summed E-state index contributed by atoms with van der Waals surface area (Å²) in [5.41, 5.74) is 14.5. The summed E-state index contributed by atoms with van der Waals surface area (Å²) in [6, 6.07) is 4.54. The number of benzene rings is 2. The van der Waals surface area contributed by atoms with Crippen LogP contribution in [0.15, 0.2) is 18.7 Å². The van der Waals surface area contributed by atoms with Crippen LogP contribution >= 0.6 is 0 Å². The number of aryl methyl sites for hydroxylation is 1. The standard InChI is InChI=1S/C30H36N4O4/c1-7-8-36-28-17(4)29-30(38-14-37-29)25-19(28)11-21-26-24-16(3)27(35-6)15(2)9-18(24)10-20(33(26)5)22(12-31)34(21)23(25)13-32/h7,9,20-23,26H,1,8,10-11,13-14,32H2,2-6H3/t20-,21?,22+,23+,26?/m1/s1. The van der Waals surface area contributed by atoms with Crippen molar-refractivity contribution in [3.05, 3.63) is 57.7 Å². The van der Waals surface area contributed by atoms with Crippen LogP contribution in [0, 0.1) is 32.1 Å². The number of nitrogens with two attached hydrogens (primary N) is 1. The van der Waals surface area contributed by atoms with Crippen LogP contribution in [0.2, 0.25) is 0 Å². The Morgan fingerprint density at radius 3 is 2.58 bits per heavy atom. The van der Waals surface area contributed by atoms with Crippen LogP contribution in [0.5, 0.6) is 23.0 Å². The molecule has 1 fully saturated rings. The van der Waals surface area contributed by atoms with E-state index in [0.717, 1.165) is 45.9 Å². The third-order valence-corrected chi connectivity index (χ3v) is 9.11. The first kappa shape index (κ1) is 25.1. The smallest absolute Gasteiger partial charge is 0.231 e. The third kappa shape index (κ3) is 3.25. The molecular formula is C30H36N4O4. The molecule has 2 aromatic carbocycles. The molecule has 4 aliphatic rings. The molecule has 0 amide bonds. The maximum Gasteiger partial charge on any atom is 0.231 e. The van der Waals surface area contributed by atoms with E-state index in [9.17, 15) is 5.26 Å². The molecule has 2 bridgehead atoms. The van der Waals surface area contributed by atoms with Gasteiger partial charge in [-0.3, -0.25) is 9.80 Å². The zero-order valence-electron chi connectivity index (χ0n) is 22.8. The zero-order valence-corrected chi connectivity index (χ0v) is 22.8. The van der Waals surface area contributed by atoms with Crippen molar-refractivity contribution in [1.29, 1.82) is 5.26 Å². The fraction of sp³-hybridized carbons (Fsp3) is 0.500. The van der Waals surface area contributed by atoms with Crippen molar-refractivity contribution in [3.63, 3.8) is 0 Å². The largest absolute Gasteiger partial charge is 0.496 e. The van der Waals surface area contributed by atoms with Gasteiger partial charge in [0.25, 0.3) is 0 Å². The molecule has 2 unspecified atom stereocenters. The maximum atomic E-state index is 10.6. The lowest BCUT2D eigenvalue weighted by Crippen LogP contribution is -2.68. The number of piperazine rings is 1. The van der Waals surface area contributed by atoms with E-state index < -0.39 is 0 Å². The molecule has 4 heterocycles. The van der Waals surface area contributed by atoms with Crippen molar-refractivity contribution in [1.82, 2.24) is 9.80 Å². The monoisotopic (exact) mass is 516 g/mol. The highest BCUT2D eigenvalue weighted by Gasteiger charge is 2.56. The van der Waals surface area contributed by atoms with Crippen molar-refractivity contribution in [2.24, 2.45) is 5.73 Å². The normalized spacial score (nSPS) is 27.1. The number of nitriles is 1. The van der Waals surface area contributed by atoms with E-state index in [2.05, 4.69) is 49.4 Å². The topological polar surface area (TPSA) is 93.2 Å². The van der Waals surface area contributed by atoms with Crippen LogP contribution in [0.3, 0.4) is 0 Å². The van der Waals surface area contributed by atoms with E-state index in [4.69, 9.17) is 24.7 Å². The van der Waals surface area contributed by atoms with Crippen LogP contribution in [0.4, 0.5) is 0 Å². The number of ether oxygens (including phenoxy) is 4. The van der Waals surface area contributed by atoms with Gasteiger partial charge in [-0.1, -0.05) is 18.7 Å². The van der Waals surface area contributed by atoms with E-state index in [1.165, 1.54) is 16.7 Å². The summed E-state index contributed by atoms with van der Waals surface area (Å²) in [6.07, 6.45) is 3.26. The molecule has 2 aromatic rings. The van der Waals surface area contributed by atoms with Gasteiger partial charge in [0.2, 0.25) is 6.79 Å². The Bertz CT molecular complexity index is 1370. The lowest BCUT2D eigenvalue weighted by atomic mass is 9.71. The highest BCUT2D eigenvalue weighted by Crippen LogP contribution is 2.57. The second-order valence-corrected chi connectivity index (χ2v) is 10.9. The Kier molecular flexibility index (Phi) is 6.06. The molecule has 0 spiro atoms. The second kappa shape index (κ2) is 9.19. The molecule has 6 rings (SSSR count). The zero-order chi connectivity index (χ0) is 26.9. The Balaban J connectivity index is 1.60. The summed E-state index contributed by atoms with van der Waals surface area (Å²) in [4.78, 5) is 4.79. The third-order valence-electron chi connectivity index (χ3n) is 9.11. The Hall–Kier alpha value is -3.25. The molecule has 0 saturated carbocycles. The van der Waals surface area contributed by atoms with E-state index in [-0.39, 0.29) is 37.0 Å². The van der Waals surface area contributed by atoms with Crippen LogP contribution in [0.1, 0.15) is 51.0 Å². The van der Waals surface area contributed by atoms with Crippen molar-refractivity contribution < 1.29 is 18.9 Å². The summed E-state index contributed by atoms with van der Waals surface area (Å²) in [7, 11) is 3.91. The van der Waals surface area contributed by atoms with Gasteiger partial charge in [0.15, 0.2) is 11.5 Å². The van der Waals surface area contributed by atoms with E-state index in [1.807, 2.05) is 6.92 Å². The molecule has 0 aliphatic carbocycles. The number of nitrogens with zero attached hydrogens (tertiary/aromatic N) is 3. The number of hydrogen-bond acceptors (Lipinski definition) is 8. The van der Waals surface area contributed by atoms with Crippen molar-refractivity contribution in [2.75, 3.05) is 34.1 Å². The average molecular weight is 517 g/mol. The van der Waals surface area contributed by atoms with Crippen molar-refractivity contribution in [3.8, 4) is 29.1 Å². The molecule has 8 heteroatoms. The summed E-state index contributed by atoms with van der Waals surface area (Å²) in [5.74, 6) is 3.20. The van der Waals surface area contributed by atoms with E-state index in [0.29, 0.717) is 25.3 Å². The minimum absolute atomic E-state index is 0.0120. The lowest BCUT2D eigenvalue weighted by molar-refractivity contribution is -0.0706. The van der Waals surface area contributed by atoms with Crippen LogP contribution in [-0.2, 0) is 12.8 Å². The van der Waals surface area contributed by atoms with E-state index >= 15 is 0 Å². The van der Waals surface area contributed by atoms with Crippen LogP contribution in [0.25, 0.3) is 0 Å². The fourth-order valence-corrected chi connectivity index (χ4v) is 7.73. The molecule has 2 N–H and O–H groups in total. The first-order chi connectivity index (χ1) is 18.4. The molecule has 8 nitrogen and oxygen atoms in total. The number of likely N-dealkylation sites (N-methyl/N-ethyl adjacent to an activating group) is 1. The van der Waals surface area contributed by atoms with Crippen LogP contribution < -0.4 is 24.7 Å². The maximum absolute atomic E-state index is 10.6. The fourth-order valence-electron chi connectivity index (χ4n) is 7.73. The SMILES string of the molecule is C=CCOc1c(C)c2c(c3c1CC1C4c5c(cc(C)c(OC)c5C)C[C@H]([C@H](C#N)N1[C@H]3CN)N4C)OCO2. The first-order valence-electron chi connectivity index (χ1n) is 13.3. The van der Waals surface area contributed by atoms with Gasteiger partial charge in [0, 0.05) is 35.3 Å². The van der Waals surface area contributed by atoms with Gasteiger partial charge in [-0.05, 0) is 62.9 Å².